The number of carbonyl (C=O) groups is 1. The van der Waals surface area contributed by atoms with Crippen molar-refractivity contribution >= 4 is 6.03 Å². The Morgan fingerprint density at radius 2 is 1.87 bits per heavy atom. The Kier molecular flexibility index (Phi) is 2.31. The second-order valence-corrected chi connectivity index (χ2v) is 4.91. The highest BCUT2D eigenvalue weighted by Crippen LogP contribution is 2.29. The number of rotatable bonds is 1. The van der Waals surface area contributed by atoms with Crippen molar-refractivity contribution in [1.29, 1.82) is 0 Å². The molecule has 1 N–H and O–H groups in total. The van der Waals surface area contributed by atoms with Gasteiger partial charge in [-0.2, -0.15) is 0 Å². The van der Waals surface area contributed by atoms with Crippen LogP contribution < -0.4 is 5.32 Å². The molecule has 15 heavy (non-hydrogen) atoms. The molecule has 1 atom stereocenters. The lowest BCUT2D eigenvalue weighted by Gasteiger charge is -2.31. The van der Waals surface area contributed by atoms with Gasteiger partial charge in [0.2, 0.25) is 0 Å². The summed E-state index contributed by atoms with van der Waals surface area (Å²) in [7, 11) is 0. The SMILES string of the molecule is O=C1N2CCCC2CN1C1CCNCC1. The van der Waals surface area contributed by atoms with Crippen LogP contribution in [0.15, 0.2) is 0 Å². The fourth-order valence-electron chi connectivity index (χ4n) is 3.17. The summed E-state index contributed by atoms with van der Waals surface area (Å²) in [6, 6.07) is 1.35. The molecule has 3 aliphatic rings. The summed E-state index contributed by atoms with van der Waals surface area (Å²) in [5.41, 5.74) is 0. The topological polar surface area (TPSA) is 35.6 Å². The van der Waals surface area contributed by atoms with E-state index in [1.54, 1.807) is 0 Å². The van der Waals surface area contributed by atoms with E-state index in [4.69, 9.17) is 0 Å². The Labute approximate surface area is 90.6 Å². The lowest BCUT2D eigenvalue weighted by molar-refractivity contribution is 0.167. The molecule has 0 saturated carbocycles. The van der Waals surface area contributed by atoms with Gasteiger partial charge in [0.05, 0.1) is 6.04 Å². The molecule has 4 heteroatoms. The number of nitrogens with one attached hydrogen (secondary N) is 1. The van der Waals surface area contributed by atoms with Crippen LogP contribution in [0.1, 0.15) is 25.7 Å². The molecule has 0 aromatic heterocycles. The molecule has 0 bridgehead atoms. The van der Waals surface area contributed by atoms with E-state index in [0.717, 1.165) is 39.0 Å². The number of hydrogen-bond acceptors (Lipinski definition) is 2. The van der Waals surface area contributed by atoms with Crippen LogP contribution >= 0.6 is 0 Å². The van der Waals surface area contributed by atoms with Gasteiger partial charge in [-0.05, 0) is 38.8 Å². The molecule has 3 saturated heterocycles. The van der Waals surface area contributed by atoms with Crippen molar-refractivity contribution in [2.24, 2.45) is 0 Å². The molecule has 1 unspecified atom stereocenters. The molecule has 0 radical (unpaired) electrons. The predicted molar refractivity (Wildman–Crippen MR) is 57.7 cm³/mol. The zero-order valence-electron chi connectivity index (χ0n) is 9.11. The minimum Gasteiger partial charge on any atom is -0.320 e. The van der Waals surface area contributed by atoms with Crippen molar-refractivity contribution < 1.29 is 4.79 Å². The fourth-order valence-corrected chi connectivity index (χ4v) is 3.17. The smallest absolute Gasteiger partial charge is 0.320 e. The first kappa shape index (κ1) is 9.46. The van der Waals surface area contributed by atoms with E-state index in [2.05, 4.69) is 15.1 Å². The van der Waals surface area contributed by atoms with Gasteiger partial charge in [0.15, 0.2) is 0 Å². The second kappa shape index (κ2) is 3.67. The van der Waals surface area contributed by atoms with Gasteiger partial charge in [0.1, 0.15) is 0 Å². The first-order valence-corrected chi connectivity index (χ1v) is 6.14. The summed E-state index contributed by atoms with van der Waals surface area (Å²) >= 11 is 0. The zero-order valence-corrected chi connectivity index (χ0v) is 9.11. The third-order valence-corrected chi connectivity index (χ3v) is 4.03. The number of hydrogen-bond donors (Lipinski definition) is 1. The maximum Gasteiger partial charge on any atom is 0.320 e. The standard InChI is InChI=1S/C11H19N3O/c15-11-13-7-1-2-10(13)8-14(11)9-3-5-12-6-4-9/h9-10,12H,1-8H2. The molecule has 3 heterocycles. The third-order valence-electron chi connectivity index (χ3n) is 4.03. The molecule has 3 rings (SSSR count). The van der Waals surface area contributed by atoms with Crippen LogP contribution in [0.3, 0.4) is 0 Å². The first-order valence-electron chi connectivity index (χ1n) is 6.14. The summed E-state index contributed by atoms with van der Waals surface area (Å²) in [5.74, 6) is 0. The van der Waals surface area contributed by atoms with Gasteiger partial charge in [-0.1, -0.05) is 0 Å². The van der Waals surface area contributed by atoms with Gasteiger partial charge in [-0.15, -0.1) is 0 Å². The Hall–Kier alpha value is -0.770. The maximum absolute atomic E-state index is 12.1. The maximum atomic E-state index is 12.1. The molecule has 0 aliphatic carbocycles. The Morgan fingerprint density at radius 3 is 2.60 bits per heavy atom. The van der Waals surface area contributed by atoms with E-state index in [9.17, 15) is 4.79 Å². The highest BCUT2D eigenvalue weighted by Gasteiger charge is 2.42. The molecule has 3 fully saturated rings. The van der Waals surface area contributed by atoms with E-state index in [1.807, 2.05) is 0 Å². The number of fused-ring (bicyclic) bond motifs is 1. The van der Waals surface area contributed by atoms with Crippen LogP contribution in [-0.2, 0) is 0 Å². The van der Waals surface area contributed by atoms with Crippen molar-refractivity contribution in [2.75, 3.05) is 26.2 Å². The average molecular weight is 209 g/mol. The van der Waals surface area contributed by atoms with Crippen molar-refractivity contribution in [3.05, 3.63) is 0 Å². The van der Waals surface area contributed by atoms with Crippen LogP contribution in [0.25, 0.3) is 0 Å². The van der Waals surface area contributed by atoms with Crippen molar-refractivity contribution in [3.63, 3.8) is 0 Å². The van der Waals surface area contributed by atoms with E-state index >= 15 is 0 Å². The molecule has 0 spiro atoms. The summed E-state index contributed by atoms with van der Waals surface area (Å²) in [6.45, 7) is 4.12. The van der Waals surface area contributed by atoms with E-state index in [0.29, 0.717) is 18.1 Å². The van der Waals surface area contributed by atoms with Crippen LogP contribution in [0.5, 0.6) is 0 Å². The van der Waals surface area contributed by atoms with Crippen molar-refractivity contribution in [2.45, 2.75) is 37.8 Å². The number of amides is 2. The van der Waals surface area contributed by atoms with Crippen LogP contribution in [0, 0.1) is 0 Å². The van der Waals surface area contributed by atoms with Gasteiger partial charge in [0.25, 0.3) is 0 Å². The van der Waals surface area contributed by atoms with Crippen LogP contribution in [0.2, 0.25) is 0 Å². The second-order valence-electron chi connectivity index (χ2n) is 4.91. The monoisotopic (exact) mass is 209 g/mol. The van der Waals surface area contributed by atoms with Gasteiger partial charge in [-0.25, -0.2) is 4.79 Å². The number of carbonyl (C=O) groups excluding carboxylic acids is 1. The normalized spacial score (nSPS) is 32.5. The Bertz CT molecular complexity index is 263. The lowest BCUT2D eigenvalue weighted by atomic mass is 10.0. The van der Waals surface area contributed by atoms with E-state index in [-0.39, 0.29) is 0 Å². The Balaban J connectivity index is 1.69. The summed E-state index contributed by atoms with van der Waals surface area (Å²) in [5, 5.41) is 3.35. The van der Waals surface area contributed by atoms with E-state index < -0.39 is 0 Å². The average Bonchev–Trinajstić information content (AvgIpc) is 2.83. The largest absolute Gasteiger partial charge is 0.320 e. The minimum absolute atomic E-state index is 0.310. The van der Waals surface area contributed by atoms with Gasteiger partial charge >= 0.3 is 6.03 Å². The molecule has 84 valence electrons. The highest BCUT2D eigenvalue weighted by molar-refractivity contribution is 5.78. The summed E-state index contributed by atoms with van der Waals surface area (Å²) in [4.78, 5) is 16.3. The molecule has 2 amide bonds. The minimum atomic E-state index is 0.310. The zero-order chi connectivity index (χ0) is 10.3. The number of urea groups is 1. The summed E-state index contributed by atoms with van der Waals surface area (Å²) < 4.78 is 0. The summed E-state index contributed by atoms with van der Waals surface area (Å²) in [6.07, 6.45) is 4.68. The van der Waals surface area contributed by atoms with Gasteiger partial charge in [0, 0.05) is 19.1 Å². The van der Waals surface area contributed by atoms with E-state index in [1.165, 1.54) is 12.8 Å². The highest BCUT2D eigenvalue weighted by atomic mass is 16.2. The number of piperidine rings is 1. The number of nitrogens with zero attached hydrogens (tertiary/aromatic N) is 2. The fraction of sp³-hybridized carbons (Fsp3) is 0.909. The van der Waals surface area contributed by atoms with Gasteiger partial charge in [-0.3, -0.25) is 0 Å². The predicted octanol–water partition coefficient (Wildman–Crippen LogP) is 0.638. The van der Waals surface area contributed by atoms with Crippen molar-refractivity contribution in [3.8, 4) is 0 Å². The van der Waals surface area contributed by atoms with Crippen molar-refractivity contribution in [1.82, 2.24) is 15.1 Å². The van der Waals surface area contributed by atoms with Crippen LogP contribution in [0.4, 0.5) is 4.79 Å². The van der Waals surface area contributed by atoms with Gasteiger partial charge < -0.3 is 15.1 Å². The molecular weight excluding hydrogens is 190 g/mol. The lowest BCUT2D eigenvalue weighted by Crippen LogP contribution is -2.45. The third kappa shape index (κ3) is 1.51. The molecular formula is C11H19N3O. The first-order chi connectivity index (χ1) is 7.36. The molecule has 3 aliphatic heterocycles. The molecule has 0 aromatic carbocycles. The Morgan fingerprint density at radius 1 is 1.07 bits per heavy atom. The molecule has 4 nitrogen and oxygen atoms in total. The quantitative estimate of drug-likeness (QED) is 0.688. The van der Waals surface area contributed by atoms with Crippen LogP contribution in [-0.4, -0.2) is 54.1 Å². The molecule has 0 aromatic rings.